The first-order valence-corrected chi connectivity index (χ1v) is 13.6. The number of hydrogen-bond donors (Lipinski definition) is 0. The van der Waals surface area contributed by atoms with Gasteiger partial charge in [-0.15, -0.1) is 0 Å². The van der Waals surface area contributed by atoms with Crippen LogP contribution in [-0.2, 0) is 13.5 Å². The highest BCUT2D eigenvalue weighted by molar-refractivity contribution is 5.94. The van der Waals surface area contributed by atoms with Crippen LogP contribution in [-0.4, -0.2) is 4.98 Å². The largest absolute Gasteiger partial charge is 0.264 e. The van der Waals surface area contributed by atoms with Gasteiger partial charge in [0.05, 0.1) is 10.9 Å². The van der Waals surface area contributed by atoms with E-state index in [9.17, 15) is 0 Å². The van der Waals surface area contributed by atoms with Crippen LogP contribution in [0.2, 0.25) is 0 Å². The summed E-state index contributed by atoms with van der Waals surface area (Å²) in [5.74, 6) is 2.99. The lowest BCUT2D eigenvalue weighted by molar-refractivity contribution is -0.659. The molecule has 0 saturated heterocycles. The Labute approximate surface area is 210 Å². The SMILES string of the molecule is Cc1ccc(-c2cccnc2)cc1-c1c2ccc(CCC3CC4CCCC(C4)C3)cc2cc[n+]1C. The van der Waals surface area contributed by atoms with Crippen LogP contribution >= 0.6 is 0 Å². The minimum atomic E-state index is 0.941. The molecule has 0 spiro atoms. The third-order valence-corrected chi connectivity index (χ3v) is 8.76. The van der Waals surface area contributed by atoms with E-state index >= 15 is 0 Å². The van der Waals surface area contributed by atoms with Gasteiger partial charge in [-0.05, 0) is 97.1 Å². The number of aryl methyl sites for hydroxylation is 3. The van der Waals surface area contributed by atoms with Crippen molar-refractivity contribution >= 4 is 10.8 Å². The second kappa shape index (κ2) is 9.57. The maximum atomic E-state index is 4.33. The van der Waals surface area contributed by atoms with Gasteiger partial charge in [0.1, 0.15) is 7.05 Å². The van der Waals surface area contributed by atoms with Crippen LogP contribution in [0.3, 0.4) is 0 Å². The third-order valence-electron chi connectivity index (χ3n) is 8.76. The molecular formula is C33H37N2+. The molecule has 2 atom stereocenters. The Balaban J connectivity index is 1.29. The van der Waals surface area contributed by atoms with E-state index < -0.39 is 0 Å². The Hall–Kier alpha value is -3.00. The summed E-state index contributed by atoms with van der Waals surface area (Å²) in [7, 11) is 2.17. The highest BCUT2D eigenvalue weighted by atomic mass is 14.9. The summed E-state index contributed by atoms with van der Waals surface area (Å²) in [4.78, 5) is 4.33. The molecule has 6 rings (SSSR count). The summed E-state index contributed by atoms with van der Waals surface area (Å²) in [6.45, 7) is 2.22. The topological polar surface area (TPSA) is 16.8 Å². The van der Waals surface area contributed by atoms with Gasteiger partial charge in [0.25, 0.3) is 0 Å². The van der Waals surface area contributed by atoms with Crippen molar-refractivity contribution in [1.29, 1.82) is 0 Å². The van der Waals surface area contributed by atoms with Crippen LogP contribution in [0.1, 0.15) is 56.1 Å². The van der Waals surface area contributed by atoms with E-state index in [4.69, 9.17) is 0 Å². The van der Waals surface area contributed by atoms with Crippen molar-refractivity contribution in [3.8, 4) is 22.4 Å². The van der Waals surface area contributed by atoms with Gasteiger partial charge in [-0.1, -0.05) is 49.6 Å². The molecule has 178 valence electrons. The molecule has 0 N–H and O–H groups in total. The van der Waals surface area contributed by atoms with E-state index in [2.05, 4.69) is 78.3 Å². The molecule has 2 nitrogen and oxygen atoms in total. The average molecular weight is 462 g/mol. The predicted molar refractivity (Wildman–Crippen MR) is 145 cm³/mol. The molecule has 2 bridgehead atoms. The Morgan fingerprint density at radius 1 is 0.914 bits per heavy atom. The van der Waals surface area contributed by atoms with Crippen LogP contribution in [0.15, 0.2) is 73.2 Å². The third kappa shape index (κ3) is 4.63. The van der Waals surface area contributed by atoms with Crippen molar-refractivity contribution in [2.24, 2.45) is 24.8 Å². The molecule has 2 aromatic carbocycles. The van der Waals surface area contributed by atoms with E-state index in [1.165, 1.54) is 90.1 Å². The maximum absolute atomic E-state index is 4.33. The van der Waals surface area contributed by atoms with Gasteiger partial charge in [-0.3, -0.25) is 4.98 Å². The molecule has 2 aromatic heterocycles. The summed E-state index contributed by atoms with van der Waals surface area (Å²) in [5.41, 5.74) is 7.75. The summed E-state index contributed by atoms with van der Waals surface area (Å²) >= 11 is 0. The smallest absolute Gasteiger partial charge is 0.220 e. The van der Waals surface area contributed by atoms with Crippen molar-refractivity contribution in [3.63, 3.8) is 0 Å². The number of fused-ring (bicyclic) bond motifs is 3. The fourth-order valence-electron chi connectivity index (χ4n) is 6.98. The van der Waals surface area contributed by atoms with Crippen LogP contribution < -0.4 is 4.57 Å². The monoisotopic (exact) mass is 461 g/mol. The first kappa shape index (κ1) is 22.5. The van der Waals surface area contributed by atoms with Gasteiger partial charge in [-0.25, -0.2) is 4.57 Å². The molecule has 2 unspecified atom stereocenters. The van der Waals surface area contributed by atoms with Gasteiger partial charge in [0.15, 0.2) is 6.20 Å². The molecule has 35 heavy (non-hydrogen) atoms. The fourth-order valence-corrected chi connectivity index (χ4v) is 6.98. The molecule has 0 aliphatic heterocycles. The van der Waals surface area contributed by atoms with E-state index in [0.717, 1.165) is 23.3 Å². The van der Waals surface area contributed by atoms with E-state index in [1.807, 2.05) is 18.5 Å². The van der Waals surface area contributed by atoms with Crippen LogP contribution in [0.5, 0.6) is 0 Å². The number of aromatic nitrogens is 2. The molecule has 2 aliphatic rings. The Bertz CT molecular complexity index is 1330. The molecule has 0 radical (unpaired) electrons. The molecule has 2 aliphatic carbocycles. The van der Waals surface area contributed by atoms with E-state index in [0.29, 0.717) is 0 Å². The zero-order valence-electron chi connectivity index (χ0n) is 21.2. The molecule has 4 aromatic rings. The Kier molecular flexibility index (Phi) is 6.14. The number of hydrogen-bond acceptors (Lipinski definition) is 1. The van der Waals surface area contributed by atoms with Crippen LogP contribution in [0, 0.1) is 24.7 Å². The van der Waals surface area contributed by atoms with Crippen LogP contribution in [0.4, 0.5) is 0 Å². The number of pyridine rings is 2. The number of nitrogens with zero attached hydrogens (tertiary/aromatic N) is 2. The lowest BCUT2D eigenvalue weighted by atomic mass is 9.67. The minimum Gasteiger partial charge on any atom is -0.264 e. The average Bonchev–Trinajstić information content (AvgIpc) is 2.88. The molecule has 2 heterocycles. The predicted octanol–water partition coefficient (Wildman–Crippen LogP) is 7.85. The fraction of sp³-hybridized carbons (Fsp3) is 0.394. The Morgan fingerprint density at radius 2 is 1.77 bits per heavy atom. The van der Waals surface area contributed by atoms with Gasteiger partial charge >= 0.3 is 0 Å². The lowest BCUT2D eigenvalue weighted by Gasteiger charge is -2.39. The number of benzene rings is 2. The molecular weight excluding hydrogens is 424 g/mol. The van der Waals surface area contributed by atoms with Crippen molar-refractivity contribution in [3.05, 3.63) is 84.3 Å². The highest BCUT2D eigenvalue weighted by Gasteiger charge is 2.31. The minimum absolute atomic E-state index is 0.941. The summed E-state index contributed by atoms with van der Waals surface area (Å²) in [5, 5.41) is 2.68. The summed E-state index contributed by atoms with van der Waals surface area (Å²) in [6.07, 6.45) is 17.5. The van der Waals surface area contributed by atoms with E-state index in [1.54, 1.807) is 0 Å². The van der Waals surface area contributed by atoms with Crippen molar-refractivity contribution in [2.75, 3.05) is 0 Å². The van der Waals surface area contributed by atoms with Gasteiger partial charge in [0, 0.05) is 24.0 Å². The van der Waals surface area contributed by atoms with Crippen molar-refractivity contribution < 1.29 is 4.57 Å². The van der Waals surface area contributed by atoms with Gasteiger partial charge < -0.3 is 0 Å². The zero-order chi connectivity index (χ0) is 23.8. The molecule has 2 fully saturated rings. The molecule has 0 amide bonds. The molecule has 2 heteroatoms. The second-order valence-electron chi connectivity index (χ2n) is 11.2. The van der Waals surface area contributed by atoms with Gasteiger partial charge in [-0.2, -0.15) is 0 Å². The lowest BCUT2D eigenvalue weighted by Crippen LogP contribution is -2.30. The van der Waals surface area contributed by atoms with Crippen LogP contribution in [0.25, 0.3) is 33.2 Å². The van der Waals surface area contributed by atoms with Gasteiger partial charge in [0.2, 0.25) is 5.69 Å². The first-order chi connectivity index (χ1) is 17.1. The quantitative estimate of drug-likeness (QED) is 0.277. The highest BCUT2D eigenvalue weighted by Crippen LogP contribution is 2.44. The summed E-state index contributed by atoms with van der Waals surface area (Å²) < 4.78 is 2.28. The second-order valence-corrected chi connectivity index (χ2v) is 11.2. The first-order valence-electron chi connectivity index (χ1n) is 13.6. The number of rotatable bonds is 5. The maximum Gasteiger partial charge on any atom is 0.220 e. The normalized spacial score (nSPS) is 21.8. The van der Waals surface area contributed by atoms with Crippen molar-refractivity contribution in [2.45, 2.75) is 58.3 Å². The van der Waals surface area contributed by atoms with Crippen molar-refractivity contribution in [1.82, 2.24) is 4.98 Å². The zero-order valence-corrected chi connectivity index (χ0v) is 21.2. The standard InChI is InChI=1S/C33H37N2/c1-23-8-12-28(30-7-4-15-34-22-30)21-32(23)33-31-13-11-24(20-29(31)14-16-35(33)2)9-10-27-18-25-5-3-6-26(17-25)19-27/h4,7-8,11-16,20-22,25-27H,3,5-6,9-10,17-19H2,1-2H3/q+1. The summed E-state index contributed by atoms with van der Waals surface area (Å²) in [6, 6.07) is 20.4. The molecule has 2 saturated carbocycles. The Morgan fingerprint density at radius 3 is 2.57 bits per heavy atom. The van der Waals surface area contributed by atoms with E-state index in [-0.39, 0.29) is 0 Å².